The van der Waals surface area contributed by atoms with Crippen molar-refractivity contribution in [1.29, 1.82) is 0 Å². The van der Waals surface area contributed by atoms with Gasteiger partial charge in [-0.1, -0.05) is 0 Å². The van der Waals surface area contributed by atoms with E-state index in [9.17, 15) is 8.42 Å². The fourth-order valence-electron chi connectivity index (χ4n) is 1.65. The second-order valence-electron chi connectivity index (χ2n) is 4.37. The molecule has 0 aromatic carbocycles. The first-order chi connectivity index (χ1) is 8.53. The Kier molecular flexibility index (Phi) is 6.24. The predicted octanol–water partition coefficient (Wildman–Crippen LogP) is 0.671. The highest BCUT2D eigenvalue weighted by Crippen LogP contribution is 2.02. The van der Waals surface area contributed by atoms with Gasteiger partial charge in [0, 0.05) is 18.4 Å². The largest absolute Gasteiger partial charge is 0.330 e. The molecular weight excluding hydrogens is 250 g/mol. The Morgan fingerprint density at radius 1 is 1.39 bits per heavy atom. The molecule has 0 radical (unpaired) electrons. The number of hydrogen-bond donors (Lipinski definition) is 2. The van der Waals surface area contributed by atoms with Crippen molar-refractivity contribution in [2.75, 3.05) is 12.3 Å². The van der Waals surface area contributed by atoms with Gasteiger partial charge in [-0.15, -0.1) is 0 Å². The maximum absolute atomic E-state index is 11.8. The van der Waals surface area contributed by atoms with Crippen LogP contribution in [0.25, 0.3) is 0 Å². The third-order valence-electron chi connectivity index (χ3n) is 2.63. The van der Waals surface area contributed by atoms with Crippen molar-refractivity contribution in [3.63, 3.8) is 0 Å². The number of aryl methyl sites for hydroxylation is 1. The van der Waals surface area contributed by atoms with Crippen molar-refractivity contribution in [3.8, 4) is 0 Å². The average molecular weight is 271 g/mol. The Labute approximate surface area is 109 Å². The van der Waals surface area contributed by atoms with E-state index in [2.05, 4.69) is 9.71 Å². The maximum Gasteiger partial charge on any atom is 0.212 e. The molecule has 1 aromatic rings. The number of aromatic nitrogens is 1. The third-order valence-corrected chi connectivity index (χ3v) is 4.13. The summed E-state index contributed by atoms with van der Waals surface area (Å²) in [7, 11) is -3.22. The lowest BCUT2D eigenvalue weighted by Gasteiger charge is -2.13. The van der Waals surface area contributed by atoms with Crippen molar-refractivity contribution >= 4 is 10.0 Å². The average Bonchev–Trinajstić information content (AvgIpc) is 2.35. The van der Waals surface area contributed by atoms with Crippen LogP contribution in [-0.4, -0.2) is 31.7 Å². The van der Waals surface area contributed by atoms with Crippen LogP contribution in [0.4, 0.5) is 0 Å². The van der Waals surface area contributed by atoms with Crippen molar-refractivity contribution in [2.45, 2.75) is 32.2 Å². The van der Waals surface area contributed by atoms with Crippen LogP contribution >= 0.6 is 0 Å². The molecule has 102 valence electrons. The summed E-state index contributed by atoms with van der Waals surface area (Å²) < 4.78 is 26.3. The van der Waals surface area contributed by atoms with Gasteiger partial charge >= 0.3 is 0 Å². The second-order valence-corrected chi connectivity index (χ2v) is 6.25. The molecule has 5 nitrogen and oxygen atoms in total. The van der Waals surface area contributed by atoms with Crippen molar-refractivity contribution in [2.24, 2.45) is 5.73 Å². The summed E-state index contributed by atoms with van der Waals surface area (Å²) in [4.78, 5) is 3.90. The van der Waals surface area contributed by atoms with Crippen LogP contribution in [0.1, 0.15) is 25.3 Å². The summed E-state index contributed by atoms with van der Waals surface area (Å²) in [6, 6.07) is 3.59. The molecule has 0 aliphatic heterocycles. The van der Waals surface area contributed by atoms with Crippen LogP contribution in [0.2, 0.25) is 0 Å². The number of nitrogens with one attached hydrogen (secondary N) is 1. The van der Waals surface area contributed by atoms with E-state index in [-0.39, 0.29) is 11.8 Å². The van der Waals surface area contributed by atoms with Gasteiger partial charge in [0.2, 0.25) is 10.0 Å². The molecule has 0 saturated heterocycles. The van der Waals surface area contributed by atoms with Gasteiger partial charge in [0.15, 0.2) is 0 Å². The molecule has 6 heteroatoms. The summed E-state index contributed by atoms with van der Waals surface area (Å²) in [5, 5.41) is 0. The summed E-state index contributed by atoms with van der Waals surface area (Å²) >= 11 is 0. The molecule has 0 aliphatic carbocycles. The molecule has 0 aliphatic rings. The number of sulfonamides is 1. The molecular formula is C12H21N3O2S. The Morgan fingerprint density at radius 3 is 2.67 bits per heavy atom. The highest BCUT2D eigenvalue weighted by molar-refractivity contribution is 7.89. The highest BCUT2D eigenvalue weighted by Gasteiger charge is 2.14. The molecule has 1 unspecified atom stereocenters. The summed E-state index contributed by atoms with van der Waals surface area (Å²) in [5.74, 6) is 0.101. The van der Waals surface area contributed by atoms with Gasteiger partial charge in [0.05, 0.1) is 5.75 Å². The number of pyridine rings is 1. The summed E-state index contributed by atoms with van der Waals surface area (Å²) in [5.41, 5.74) is 6.37. The quantitative estimate of drug-likeness (QED) is 0.728. The van der Waals surface area contributed by atoms with E-state index in [0.717, 1.165) is 18.4 Å². The fourth-order valence-corrected chi connectivity index (χ4v) is 3.00. The minimum Gasteiger partial charge on any atom is -0.330 e. The van der Waals surface area contributed by atoms with Crippen LogP contribution < -0.4 is 10.5 Å². The van der Waals surface area contributed by atoms with Gasteiger partial charge in [-0.2, -0.15) is 0 Å². The van der Waals surface area contributed by atoms with E-state index in [1.165, 1.54) is 0 Å². The molecule has 1 atom stereocenters. The first-order valence-electron chi connectivity index (χ1n) is 6.12. The van der Waals surface area contributed by atoms with Gasteiger partial charge in [0.25, 0.3) is 0 Å². The number of nitrogens with zero attached hydrogens (tertiary/aromatic N) is 1. The molecule has 0 spiro atoms. The van der Waals surface area contributed by atoms with Crippen molar-refractivity contribution in [1.82, 2.24) is 9.71 Å². The summed E-state index contributed by atoms with van der Waals surface area (Å²) in [6.07, 6.45) is 5.43. The number of rotatable bonds is 8. The molecule has 0 fully saturated rings. The van der Waals surface area contributed by atoms with Gasteiger partial charge in [0.1, 0.15) is 0 Å². The Hall–Kier alpha value is -0.980. The number of nitrogens with two attached hydrogens (primary N) is 1. The Morgan fingerprint density at radius 2 is 2.06 bits per heavy atom. The Balaban J connectivity index is 2.40. The molecule has 0 bridgehead atoms. The lowest BCUT2D eigenvalue weighted by Crippen LogP contribution is -2.35. The van der Waals surface area contributed by atoms with Crippen LogP contribution in [0, 0.1) is 0 Å². The predicted molar refractivity (Wildman–Crippen MR) is 72.6 cm³/mol. The molecule has 1 aromatic heterocycles. The van der Waals surface area contributed by atoms with Crippen LogP contribution in [-0.2, 0) is 16.4 Å². The van der Waals surface area contributed by atoms with Crippen LogP contribution in [0.5, 0.6) is 0 Å². The second kappa shape index (κ2) is 7.45. The zero-order valence-corrected chi connectivity index (χ0v) is 11.5. The number of hydrogen-bond acceptors (Lipinski definition) is 4. The lowest BCUT2D eigenvalue weighted by atomic mass is 10.2. The van der Waals surface area contributed by atoms with E-state index in [0.29, 0.717) is 13.0 Å². The van der Waals surface area contributed by atoms with E-state index >= 15 is 0 Å². The molecule has 1 rings (SSSR count). The molecule has 0 amide bonds. The van der Waals surface area contributed by atoms with Gasteiger partial charge in [-0.25, -0.2) is 13.1 Å². The Bertz CT molecular complexity index is 434. The zero-order valence-electron chi connectivity index (χ0n) is 10.7. The van der Waals surface area contributed by atoms with E-state index in [1.807, 2.05) is 19.1 Å². The van der Waals surface area contributed by atoms with Gasteiger partial charge < -0.3 is 5.73 Å². The monoisotopic (exact) mass is 271 g/mol. The first-order valence-corrected chi connectivity index (χ1v) is 7.77. The van der Waals surface area contributed by atoms with Crippen molar-refractivity contribution < 1.29 is 8.42 Å². The maximum atomic E-state index is 11.8. The van der Waals surface area contributed by atoms with E-state index in [1.54, 1.807) is 12.4 Å². The molecule has 18 heavy (non-hydrogen) atoms. The first kappa shape index (κ1) is 15.1. The van der Waals surface area contributed by atoms with Gasteiger partial charge in [-0.3, -0.25) is 4.98 Å². The standard InChI is InChI=1S/C12H21N3O2S/c1-11(3-2-7-13)15-18(16,17)10-6-12-4-8-14-9-5-12/h4-5,8-9,11,15H,2-3,6-7,10,13H2,1H3. The van der Waals surface area contributed by atoms with Gasteiger partial charge in [-0.05, 0) is 50.4 Å². The zero-order chi connectivity index (χ0) is 13.4. The molecule has 1 heterocycles. The minimum atomic E-state index is -3.22. The lowest BCUT2D eigenvalue weighted by molar-refractivity contribution is 0.538. The van der Waals surface area contributed by atoms with Crippen LogP contribution in [0.15, 0.2) is 24.5 Å². The summed E-state index contributed by atoms with van der Waals surface area (Å²) in [6.45, 7) is 2.45. The topological polar surface area (TPSA) is 85.1 Å². The fraction of sp³-hybridized carbons (Fsp3) is 0.583. The van der Waals surface area contributed by atoms with E-state index < -0.39 is 10.0 Å². The SMILES string of the molecule is CC(CCCN)NS(=O)(=O)CCc1ccncc1. The van der Waals surface area contributed by atoms with Crippen molar-refractivity contribution in [3.05, 3.63) is 30.1 Å². The highest BCUT2D eigenvalue weighted by atomic mass is 32.2. The smallest absolute Gasteiger partial charge is 0.212 e. The molecule has 3 N–H and O–H groups in total. The van der Waals surface area contributed by atoms with Crippen LogP contribution in [0.3, 0.4) is 0 Å². The van der Waals surface area contributed by atoms with E-state index in [4.69, 9.17) is 5.73 Å². The minimum absolute atomic E-state index is 0.0593. The third kappa shape index (κ3) is 6.09. The normalized spacial score (nSPS) is 13.4. The molecule has 0 saturated carbocycles.